The number of hydrogen-bond donors (Lipinski definition) is 1. The van der Waals surface area contributed by atoms with Gasteiger partial charge in [0.25, 0.3) is 5.91 Å². The number of pyridine rings is 1. The number of ether oxygens (including phenoxy) is 1. The molecule has 0 unspecified atom stereocenters. The second-order valence-corrected chi connectivity index (χ2v) is 6.01. The molecule has 124 valence electrons. The van der Waals surface area contributed by atoms with Crippen LogP contribution in [0.5, 0.6) is 5.88 Å². The van der Waals surface area contributed by atoms with Crippen LogP contribution in [0.4, 0.5) is 0 Å². The summed E-state index contributed by atoms with van der Waals surface area (Å²) in [7, 11) is 1.57. The van der Waals surface area contributed by atoms with Crippen molar-refractivity contribution in [2.75, 3.05) is 13.7 Å². The minimum Gasteiger partial charge on any atom is -0.477 e. The number of carbonyl (C=O) groups excluding carboxylic acids is 2. The lowest BCUT2D eigenvalue weighted by Crippen LogP contribution is -2.20. The summed E-state index contributed by atoms with van der Waals surface area (Å²) in [6.45, 7) is 2.11. The van der Waals surface area contributed by atoms with Crippen LogP contribution in [0, 0.1) is 5.92 Å². The van der Waals surface area contributed by atoms with Gasteiger partial charge in [0.2, 0.25) is 5.88 Å². The van der Waals surface area contributed by atoms with E-state index < -0.39 is 0 Å². The number of nitrogens with zero attached hydrogens (tertiary/aromatic N) is 1. The smallest absolute Gasteiger partial charge is 0.256 e. The number of benzene rings is 1. The summed E-state index contributed by atoms with van der Waals surface area (Å²) in [5.41, 5.74) is 2.47. The molecule has 1 saturated carbocycles. The van der Waals surface area contributed by atoms with E-state index in [1.54, 1.807) is 25.4 Å². The average Bonchev–Trinajstić information content (AvgIpc) is 3.43. The predicted molar refractivity (Wildman–Crippen MR) is 91.3 cm³/mol. The van der Waals surface area contributed by atoms with E-state index in [1.165, 1.54) is 19.8 Å². The fourth-order valence-electron chi connectivity index (χ4n) is 2.54. The summed E-state index contributed by atoms with van der Waals surface area (Å²) in [4.78, 5) is 28.4. The van der Waals surface area contributed by atoms with Crippen molar-refractivity contribution in [3.63, 3.8) is 0 Å². The van der Waals surface area contributed by atoms with Gasteiger partial charge in [0.15, 0.2) is 5.78 Å². The van der Waals surface area contributed by atoms with Gasteiger partial charge >= 0.3 is 0 Å². The number of aromatic nitrogens is 1. The molecule has 1 amide bonds. The lowest BCUT2D eigenvalue weighted by atomic mass is 9.97. The number of nitrogens with one attached hydrogen (secondary N) is 1. The highest BCUT2D eigenvalue weighted by Crippen LogP contribution is 2.31. The molecule has 1 heterocycles. The first-order valence-corrected chi connectivity index (χ1v) is 8.05. The highest BCUT2D eigenvalue weighted by molar-refractivity contribution is 6.02. The van der Waals surface area contributed by atoms with Gasteiger partial charge in [-0.15, -0.1) is 0 Å². The lowest BCUT2D eigenvalue weighted by Gasteiger charge is -2.12. The summed E-state index contributed by atoms with van der Waals surface area (Å²) in [5.74, 6) is 0.629. The van der Waals surface area contributed by atoms with Gasteiger partial charge in [-0.25, -0.2) is 4.98 Å². The maximum absolute atomic E-state index is 12.2. The summed E-state index contributed by atoms with van der Waals surface area (Å²) in [6, 6.07) is 9.04. The fourth-order valence-corrected chi connectivity index (χ4v) is 2.54. The van der Waals surface area contributed by atoms with Gasteiger partial charge in [-0.1, -0.05) is 24.3 Å². The Labute approximate surface area is 141 Å². The van der Waals surface area contributed by atoms with Crippen LogP contribution in [0.3, 0.4) is 0 Å². The van der Waals surface area contributed by atoms with Crippen LogP contribution in [-0.4, -0.2) is 30.3 Å². The van der Waals surface area contributed by atoms with Gasteiger partial charge in [-0.3, -0.25) is 9.59 Å². The third kappa shape index (κ3) is 3.45. The molecule has 1 aliphatic rings. The molecule has 1 fully saturated rings. The van der Waals surface area contributed by atoms with E-state index in [0.717, 1.165) is 11.1 Å². The third-order valence-electron chi connectivity index (χ3n) is 4.09. The van der Waals surface area contributed by atoms with Crippen molar-refractivity contribution >= 4 is 11.7 Å². The van der Waals surface area contributed by atoms with Crippen molar-refractivity contribution in [2.45, 2.75) is 19.8 Å². The molecule has 0 atom stereocenters. The first-order chi connectivity index (χ1) is 11.6. The molecule has 1 aromatic carbocycles. The molecule has 0 radical (unpaired) electrons. The molecule has 0 aliphatic heterocycles. The molecule has 0 spiro atoms. The molecule has 2 aromatic rings. The monoisotopic (exact) mass is 324 g/mol. The van der Waals surface area contributed by atoms with Crippen molar-refractivity contribution in [1.29, 1.82) is 0 Å². The number of ketones is 1. The Balaban J connectivity index is 2.00. The van der Waals surface area contributed by atoms with E-state index in [-0.39, 0.29) is 11.7 Å². The number of amides is 1. The normalized spacial score (nSPS) is 13.4. The summed E-state index contributed by atoms with van der Waals surface area (Å²) < 4.78 is 5.71. The molecular formula is C19H20N2O3. The van der Waals surface area contributed by atoms with E-state index in [0.29, 0.717) is 29.5 Å². The van der Waals surface area contributed by atoms with Gasteiger partial charge in [0, 0.05) is 24.4 Å². The molecule has 24 heavy (non-hydrogen) atoms. The van der Waals surface area contributed by atoms with Crippen molar-refractivity contribution in [2.24, 2.45) is 5.92 Å². The van der Waals surface area contributed by atoms with E-state index in [9.17, 15) is 9.59 Å². The van der Waals surface area contributed by atoms with Gasteiger partial charge < -0.3 is 10.1 Å². The minimum absolute atomic E-state index is 0.0267. The zero-order chi connectivity index (χ0) is 17.1. The molecule has 3 rings (SSSR count). The quantitative estimate of drug-likeness (QED) is 0.829. The lowest BCUT2D eigenvalue weighted by molar-refractivity contribution is 0.0956. The van der Waals surface area contributed by atoms with Gasteiger partial charge in [0.1, 0.15) is 5.56 Å². The molecule has 1 aromatic heterocycles. The number of hydrogen-bond acceptors (Lipinski definition) is 4. The second-order valence-electron chi connectivity index (χ2n) is 6.01. The van der Waals surface area contributed by atoms with Crippen molar-refractivity contribution in [1.82, 2.24) is 10.3 Å². The van der Waals surface area contributed by atoms with Crippen LogP contribution in [0.25, 0.3) is 11.1 Å². The van der Waals surface area contributed by atoms with E-state index in [1.807, 2.05) is 18.2 Å². The van der Waals surface area contributed by atoms with Gasteiger partial charge in [-0.2, -0.15) is 0 Å². The predicted octanol–water partition coefficient (Wildman–Crippen LogP) is 3.10. The molecular weight excluding hydrogens is 304 g/mol. The van der Waals surface area contributed by atoms with E-state index in [4.69, 9.17) is 4.74 Å². The van der Waals surface area contributed by atoms with Crippen LogP contribution in [0.15, 0.2) is 36.5 Å². The van der Waals surface area contributed by atoms with Crippen LogP contribution in [0.1, 0.15) is 40.5 Å². The number of Topliss-reactive ketones (excluding diaryl/α,β-unsaturated/α-hetero) is 1. The van der Waals surface area contributed by atoms with Gasteiger partial charge in [-0.05, 0) is 37.3 Å². The second kappa shape index (κ2) is 6.83. The minimum atomic E-state index is -0.254. The Kier molecular flexibility index (Phi) is 4.60. The van der Waals surface area contributed by atoms with E-state index in [2.05, 4.69) is 10.3 Å². The first kappa shape index (κ1) is 16.2. The summed E-state index contributed by atoms with van der Waals surface area (Å²) >= 11 is 0. The largest absolute Gasteiger partial charge is 0.477 e. The number of rotatable bonds is 6. The standard InChI is InChI=1S/C19H20N2O3/c1-12(22)15-5-3-4-6-16(15)14-9-17(18(23)20-2)19(21-10-14)24-11-13-7-8-13/h3-6,9-10,13H,7-8,11H2,1-2H3,(H,20,23). The molecule has 0 bridgehead atoms. The van der Waals surface area contributed by atoms with Crippen LogP contribution in [0.2, 0.25) is 0 Å². The third-order valence-corrected chi connectivity index (χ3v) is 4.09. The highest BCUT2D eigenvalue weighted by Gasteiger charge is 2.24. The topological polar surface area (TPSA) is 68.3 Å². The fraction of sp³-hybridized carbons (Fsp3) is 0.316. The summed E-state index contributed by atoms with van der Waals surface area (Å²) in [5, 5.41) is 2.62. The van der Waals surface area contributed by atoms with Crippen LogP contribution in [-0.2, 0) is 0 Å². The maximum Gasteiger partial charge on any atom is 0.256 e. The SMILES string of the molecule is CNC(=O)c1cc(-c2ccccc2C(C)=O)cnc1OCC1CC1. The Morgan fingerprint density at radius 3 is 2.67 bits per heavy atom. The summed E-state index contributed by atoms with van der Waals surface area (Å²) in [6.07, 6.45) is 3.98. The number of carbonyl (C=O) groups is 2. The Hall–Kier alpha value is -2.69. The van der Waals surface area contributed by atoms with Crippen LogP contribution >= 0.6 is 0 Å². The Morgan fingerprint density at radius 2 is 2.00 bits per heavy atom. The van der Waals surface area contributed by atoms with Crippen molar-refractivity contribution in [3.8, 4) is 17.0 Å². The average molecular weight is 324 g/mol. The molecule has 1 N–H and O–H groups in total. The molecule has 5 heteroatoms. The Bertz CT molecular complexity index is 782. The maximum atomic E-state index is 12.2. The van der Waals surface area contributed by atoms with Crippen molar-refractivity contribution in [3.05, 3.63) is 47.7 Å². The van der Waals surface area contributed by atoms with Crippen molar-refractivity contribution < 1.29 is 14.3 Å². The first-order valence-electron chi connectivity index (χ1n) is 8.05. The molecule has 0 saturated heterocycles. The van der Waals surface area contributed by atoms with Crippen LogP contribution < -0.4 is 10.1 Å². The Morgan fingerprint density at radius 1 is 1.25 bits per heavy atom. The zero-order valence-electron chi connectivity index (χ0n) is 13.8. The molecule has 1 aliphatic carbocycles. The van der Waals surface area contributed by atoms with Gasteiger partial charge in [0.05, 0.1) is 6.61 Å². The highest BCUT2D eigenvalue weighted by atomic mass is 16.5. The zero-order valence-corrected chi connectivity index (χ0v) is 13.8. The molecule has 5 nitrogen and oxygen atoms in total. The van der Waals surface area contributed by atoms with E-state index >= 15 is 0 Å².